The fraction of sp³-hybridized carbons (Fsp3) is 0.818. The lowest BCUT2D eigenvalue weighted by Gasteiger charge is -2.18. The van der Waals surface area contributed by atoms with E-state index in [1.807, 2.05) is 13.8 Å². The Morgan fingerprint density at radius 2 is 1.81 bits per heavy atom. The minimum absolute atomic E-state index is 0.0638. The largest absolute Gasteiger partial charge is 0.466 e. The summed E-state index contributed by atoms with van der Waals surface area (Å²) in [6.45, 7) is 8.25. The number of hydrogen-bond donors (Lipinski definition) is 1. The molecule has 5 heteroatoms. The van der Waals surface area contributed by atoms with Gasteiger partial charge in [-0.1, -0.05) is 0 Å². The molecule has 0 saturated carbocycles. The summed E-state index contributed by atoms with van der Waals surface area (Å²) in [4.78, 5) is 24.2. The molecule has 16 heavy (non-hydrogen) atoms. The van der Waals surface area contributed by atoms with Crippen molar-refractivity contribution in [1.29, 1.82) is 0 Å². The van der Waals surface area contributed by atoms with Crippen LogP contribution in [0.5, 0.6) is 0 Å². The molecule has 0 aliphatic carbocycles. The van der Waals surface area contributed by atoms with E-state index in [-0.39, 0.29) is 18.4 Å². The standard InChI is InChI=1S/C11H22N2O3/c1-4-13(5-2)10(14)9-12-8-7-11(15)16-6-3/h12H,4-9H2,1-3H3. The molecule has 5 nitrogen and oxygen atoms in total. The molecule has 0 radical (unpaired) electrons. The van der Waals surface area contributed by atoms with Gasteiger partial charge in [-0.05, 0) is 20.8 Å². The topological polar surface area (TPSA) is 58.6 Å². The molecule has 0 fully saturated rings. The number of likely N-dealkylation sites (N-methyl/N-ethyl adjacent to an activating group) is 1. The highest BCUT2D eigenvalue weighted by atomic mass is 16.5. The summed E-state index contributed by atoms with van der Waals surface area (Å²) >= 11 is 0. The summed E-state index contributed by atoms with van der Waals surface area (Å²) in [6.07, 6.45) is 0.305. The van der Waals surface area contributed by atoms with Crippen LogP contribution in [-0.4, -0.2) is 49.6 Å². The van der Waals surface area contributed by atoms with Crippen molar-refractivity contribution in [2.75, 3.05) is 32.8 Å². The molecule has 1 amide bonds. The lowest BCUT2D eigenvalue weighted by molar-refractivity contribution is -0.143. The molecular weight excluding hydrogens is 208 g/mol. The average Bonchev–Trinajstić information content (AvgIpc) is 2.26. The molecule has 0 aromatic rings. The molecule has 0 rings (SSSR count). The van der Waals surface area contributed by atoms with Crippen LogP contribution in [-0.2, 0) is 14.3 Å². The van der Waals surface area contributed by atoms with E-state index in [9.17, 15) is 9.59 Å². The Labute approximate surface area is 97.1 Å². The molecule has 0 atom stereocenters. The molecule has 0 bridgehead atoms. The SMILES string of the molecule is CCOC(=O)CCNCC(=O)N(CC)CC. The van der Waals surface area contributed by atoms with E-state index in [0.717, 1.165) is 13.1 Å². The van der Waals surface area contributed by atoms with Crippen molar-refractivity contribution in [3.63, 3.8) is 0 Å². The molecule has 0 aromatic carbocycles. The molecule has 0 heterocycles. The van der Waals surface area contributed by atoms with Gasteiger partial charge in [-0.25, -0.2) is 0 Å². The molecule has 0 unspecified atom stereocenters. The number of nitrogens with one attached hydrogen (secondary N) is 1. The van der Waals surface area contributed by atoms with Crippen molar-refractivity contribution in [2.45, 2.75) is 27.2 Å². The van der Waals surface area contributed by atoms with E-state index >= 15 is 0 Å². The van der Waals surface area contributed by atoms with Crippen molar-refractivity contribution >= 4 is 11.9 Å². The summed E-state index contributed by atoms with van der Waals surface area (Å²) < 4.78 is 4.76. The van der Waals surface area contributed by atoms with Gasteiger partial charge < -0.3 is 15.0 Å². The van der Waals surface area contributed by atoms with Crippen LogP contribution in [0.2, 0.25) is 0 Å². The Morgan fingerprint density at radius 1 is 1.19 bits per heavy atom. The van der Waals surface area contributed by atoms with Gasteiger partial charge in [0.15, 0.2) is 0 Å². The second-order valence-electron chi connectivity index (χ2n) is 3.30. The third-order valence-electron chi connectivity index (χ3n) is 2.20. The summed E-state index contributed by atoms with van der Waals surface area (Å²) in [5.74, 6) is -0.167. The fourth-order valence-corrected chi connectivity index (χ4v) is 1.31. The zero-order chi connectivity index (χ0) is 12.4. The summed E-state index contributed by atoms with van der Waals surface area (Å²) in [7, 11) is 0. The van der Waals surface area contributed by atoms with E-state index in [1.165, 1.54) is 0 Å². The van der Waals surface area contributed by atoms with Gasteiger partial charge in [0.05, 0.1) is 19.6 Å². The highest BCUT2D eigenvalue weighted by Gasteiger charge is 2.08. The molecule has 0 aliphatic heterocycles. The van der Waals surface area contributed by atoms with Gasteiger partial charge in [0.25, 0.3) is 0 Å². The predicted octanol–water partition coefficient (Wildman–Crippen LogP) is 0.398. The van der Waals surface area contributed by atoms with Crippen LogP contribution in [0.15, 0.2) is 0 Å². The average molecular weight is 230 g/mol. The minimum Gasteiger partial charge on any atom is -0.466 e. The van der Waals surface area contributed by atoms with Gasteiger partial charge in [0.2, 0.25) is 5.91 Å². The van der Waals surface area contributed by atoms with E-state index in [4.69, 9.17) is 4.74 Å². The number of ether oxygens (including phenoxy) is 1. The molecule has 94 valence electrons. The highest BCUT2D eigenvalue weighted by molar-refractivity contribution is 5.78. The van der Waals surface area contributed by atoms with Crippen LogP contribution in [0.25, 0.3) is 0 Å². The second kappa shape index (κ2) is 9.15. The van der Waals surface area contributed by atoms with Gasteiger partial charge in [-0.15, -0.1) is 0 Å². The molecule has 0 saturated heterocycles. The first kappa shape index (κ1) is 14.9. The molecular formula is C11H22N2O3. The van der Waals surface area contributed by atoms with E-state index < -0.39 is 0 Å². The lowest BCUT2D eigenvalue weighted by Crippen LogP contribution is -2.38. The minimum atomic E-state index is -0.231. The summed E-state index contributed by atoms with van der Waals surface area (Å²) in [6, 6.07) is 0. The van der Waals surface area contributed by atoms with Crippen molar-refractivity contribution in [3.8, 4) is 0 Å². The Morgan fingerprint density at radius 3 is 2.31 bits per heavy atom. The number of nitrogens with zero attached hydrogens (tertiary/aromatic N) is 1. The summed E-state index contributed by atoms with van der Waals surface area (Å²) in [5.41, 5.74) is 0. The van der Waals surface area contributed by atoms with Crippen LogP contribution >= 0.6 is 0 Å². The maximum absolute atomic E-state index is 11.5. The van der Waals surface area contributed by atoms with Gasteiger partial charge in [-0.2, -0.15) is 0 Å². The van der Waals surface area contributed by atoms with Gasteiger partial charge >= 0.3 is 5.97 Å². The highest BCUT2D eigenvalue weighted by Crippen LogP contribution is 1.88. The van der Waals surface area contributed by atoms with Gasteiger partial charge in [-0.3, -0.25) is 9.59 Å². The maximum atomic E-state index is 11.5. The third kappa shape index (κ3) is 6.40. The summed E-state index contributed by atoms with van der Waals surface area (Å²) in [5, 5.41) is 2.93. The normalized spacial score (nSPS) is 9.94. The second-order valence-corrected chi connectivity index (χ2v) is 3.30. The fourth-order valence-electron chi connectivity index (χ4n) is 1.31. The van der Waals surface area contributed by atoms with E-state index in [0.29, 0.717) is 19.6 Å². The zero-order valence-electron chi connectivity index (χ0n) is 10.4. The monoisotopic (exact) mass is 230 g/mol. The third-order valence-corrected chi connectivity index (χ3v) is 2.20. The Kier molecular flexibility index (Phi) is 8.52. The smallest absolute Gasteiger partial charge is 0.307 e. The lowest BCUT2D eigenvalue weighted by atomic mass is 10.4. The van der Waals surface area contributed by atoms with E-state index in [2.05, 4.69) is 5.32 Å². The Balaban J connectivity index is 3.58. The first-order valence-corrected chi connectivity index (χ1v) is 5.79. The quantitative estimate of drug-likeness (QED) is 0.484. The molecule has 0 aliphatic rings. The van der Waals surface area contributed by atoms with Crippen molar-refractivity contribution in [1.82, 2.24) is 10.2 Å². The van der Waals surface area contributed by atoms with Crippen LogP contribution in [0.3, 0.4) is 0 Å². The maximum Gasteiger partial charge on any atom is 0.307 e. The first-order chi connectivity index (χ1) is 7.65. The van der Waals surface area contributed by atoms with Crippen LogP contribution in [0, 0.1) is 0 Å². The Bertz CT molecular complexity index is 215. The number of carbonyl (C=O) groups is 2. The van der Waals surface area contributed by atoms with Crippen LogP contribution in [0.1, 0.15) is 27.2 Å². The molecule has 0 spiro atoms. The Hall–Kier alpha value is -1.10. The van der Waals surface area contributed by atoms with Crippen molar-refractivity contribution < 1.29 is 14.3 Å². The van der Waals surface area contributed by atoms with Crippen molar-refractivity contribution in [3.05, 3.63) is 0 Å². The first-order valence-electron chi connectivity index (χ1n) is 5.79. The number of esters is 1. The van der Waals surface area contributed by atoms with E-state index in [1.54, 1.807) is 11.8 Å². The molecule has 0 aromatic heterocycles. The van der Waals surface area contributed by atoms with Gasteiger partial charge in [0, 0.05) is 19.6 Å². The number of hydrogen-bond acceptors (Lipinski definition) is 4. The van der Waals surface area contributed by atoms with Crippen molar-refractivity contribution in [2.24, 2.45) is 0 Å². The van der Waals surface area contributed by atoms with Crippen LogP contribution < -0.4 is 5.32 Å². The predicted molar refractivity (Wildman–Crippen MR) is 62.0 cm³/mol. The zero-order valence-corrected chi connectivity index (χ0v) is 10.4. The number of carbonyl (C=O) groups excluding carboxylic acids is 2. The number of rotatable bonds is 8. The van der Waals surface area contributed by atoms with Gasteiger partial charge in [0.1, 0.15) is 0 Å². The van der Waals surface area contributed by atoms with Crippen LogP contribution in [0.4, 0.5) is 0 Å². The molecule has 1 N–H and O–H groups in total. The number of amides is 1.